The van der Waals surface area contributed by atoms with E-state index >= 15 is 0 Å². The Morgan fingerprint density at radius 1 is 1.39 bits per heavy atom. The lowest BCUT2D eigenvalue weighted by Gasteiger charge is -2.34. The third-order valence-electron chi connectivity index (χ3n) is 2.73. The average Bonchev–Trinajstić information content (AvgIpc) is 2.34. The number of methoxy groups -OCH3 is 1. The van der Waals surface area contributed by atoms with Gasteiger partial charge in [-0.15, -0.1) is 0 Å². The van der Waals surface area contributed by atoms with Crippen molar-refractivity contribution in [3.63, 3.8) is 0 Å². The van der Waals surface area contributed by atoms with E-state index in [1.54, 1.807) is 7.11 Å². The highest BCUT2D eigenvalue weighted by Crippen LogP contribution is 2.26. The van der Waals surface area contributed by atoms with Gasteiger partial charge in [0.05, 0.1) is 13.2 Å². The van der Waals surface area contributed by atoms with E-state index in [2.05, 4.69) is 22.6 Å². The van der Waals surface area contributed by atoms with Gasteiger partial charge in [0.2, 0.25) is 0 Å². The fraction of sp³-hybridized carbons (Fsp3) is 0.462. The molecule has 1 saturated carbocycles. The lowest BCUT2D eigenvalue weighted by Crippen LogP contribution is -2.52. The number of rotatable bonds is 6. The number of hydrogen-bond acceptors (Lipinski definition) is 4. The van der Waals surface area contributed by atoms with Gasteiger partial charge in [0, 0.05) is 17.1 Å². The van der Waals surface area contributed by atoms with Crippen molar-refractivity contribution in [2.45, 2.75) is 18.6 Å². The number of Topliss-reactive ketones (excluding diaryl/α,β-unsaturated/α-hetero) is 1. The van der Waals surface area contributed by atoms with Crippen molar-refractivity contribution < 1.29 is 19.0 Å². The first-order valence-electron chi connectivity index (χ1n) is 5.76. The van der Waals surface area contributed by atoms with Crippen molar-refractivity contribution in [1.29, 1.82) is 0 Å². The quantitative estimate of drug-likeness (QED) is 0.574. The maximum absolute atomic E-state index is 11.4. The molecule has 1 aliphatic carbocycles. The number of halogens is 1. The summed E-state index contributed by atoms with van der Waals surface area (Å²) in [6.07, 6.45) is -0.200. The van der Waals surface area contributed by atoms with E-state index in [4.69, 9.17) is 14.2 Å². The first-order chi connectivity index (χ1) is 8.70. The van der Waals surface area contributed by atoms with E-state index in [1.165, 1.54) is 0 Å². The van der Waals surface area contributed by atoms with Crippen molar-refractivity contribution in [2.24, 2.45) is 0 Å². The summed E-state index contributed by atoms with van der Waals surface area (Å²) < 4.78 is 17.2. The topological polar surface area (TPSA) is 44.8 Å². The first-order valence-corrected chi connectivity index (χ1v) is 6.84. The molecule has 0 spiro atoms. The molecule has 0 heterocycles. The standard InChI is InChI=1S/C13H15IO4/c1-16-5-6-17-13-11(15)8-12(13)18-10-4-2-3-9(14)7-10/h2-4,7,12-13H,5-6,8H2,1H3. The minimum atomic E-state index is -0.446. The maximum atomic E-state index is 11.4. The summed E-state index contributed by atoms with van der Waals surface area (Å²) in [4.78, 5) is 11.4. The van der Waals surface area contributed by atoms with Gasteiger partial charge in [-0.1, -0.05) is 6.07 Å². The van der Waals surface area contributed by atoms with Crippen LogP contribution in [0, 0.1) is 3.57 Å². The van der Waals surface area contributed by atoms with Crippen LogP contribution < -0.4 is 4.74 Å². The zero-order valence-electron chi connectivity index (χ0n) is 10.1. The van der Waals surface area contributed by atoms with E-state index in [0.717, 1.165) is 9.32 Å². The molecule has 98 valence electrons. The highest BCUT2D eigenvalue weighted by Gasteiger charge is 2.42. The molecule has 5 heteroatoms. The molecule has 2 atom stereocenters. The second kappa shape index (κ2) is 6.49. The van der Waals surface area contributed by atoms with E-state index < -0.39 is 6.10 Å². The Kier molecular flexibility index (Phi) is 4.96. The van der Waals surface area contributed by atoms with Gasteiger partial charge in [0.25, 0.3) is 0 Å². The highest BCUT2D eigenvalue weighted by molar-refractivity contribution is 14.1. The molecule has 0 aromatic heterocycles. The van der Waals surface area contributed by atoms with Crippen LogP contribution in [0.2, 0.25) is 0 Å². The van der Waals surface area contributed by atoms with Gasteiger partial charge in [-0.05, 0) is 40.8 Å². The minimum absolute atomic E-state index is 0.0988. The van der Waals surface area contributed by atoms with Crippen molar-refractivity contribution in [2.75, 3.05) is 20.3 Å². The molecule has 1 fully saturated rings. The Hall–Kier alpha value is -0.660. The number of ketones is 1. The largest absolute Gasteiger partial charge is 0.487 e. The number of benzene rings is 1. The van der Waals surface area contributed by atoms with Crippen LogP contribution in [0.1, 0.15) is 6.42 Å². The van der Waals surface area contributed by atoms with Crippen molar-refractivity contribution in [3.8, 4) is 5.75 Å². The number of ether oxygens (including phenoxy) is 3. The molecule has 2 rings (SSSR count). The van der Waals surface area contributed by atoms with E-state index in [-0.39, 0.29) is 11.9 Å². The minimum Gasteiger partial charge on any atom is -0.487 e. The zero-order chi connectivity index (χ0) is 13.0. The summed E-state index contributed by atoms with van der Waals surface area (Å²) in [5.74, 6) is 0.876. The van der Waals surface area contributed by atoms with Gasteiger partial charge in [0.15, 0.2) is 11.9 Å². The molecule has 0 amide bonds. The molecule has 18 heavy (non-hydrogen) atoms. The molecule has 0 radical (unpaired) electrons. The van der Waals surface area contributed by atoms with Crippen LogP contribution >= 0.6 is 22.6 Å². The van der Waals surface area contributed by atoms with Crippen LogP contribution in [-0.4, -0.2) is 38.3 Å². The second-order valence-electron chi connectivity index (χ2n) is 4.07. The zero-order valence-corrected chi connectivity index (χ0v) is 12.3. The lowest BCUT2D eigenvalue weighted by molar-refractivity contribution is -0.156. The van der Waals surface area contributed by atoms with Gasteiger partial charge in [-0.25, -0.2) is 0 Å². The number of hydrogen-bond donors (Lipinski definition) is 0. The SMILES string of the molecule is COCCOC1C(=O)CC1Oc1cccc(I)c1. The summed E-state index contributed by atoms with van der Waals surface area (Å²) in [7, 11) is 1.60. The Morgan fingerprint density at radius 2 is 2.22 bits per heavy atom. The summed E-state index contributed by atoms with van der Waals surface area (Å²) in [6, 6.07) is 7.75. The van der Waals surface area contributed by atoms with Crippen LogP contribution in [0.3, 0.4) is 0 Å². The van der Waals surface area contributed by atoms with Gasteiger partial charge in [-0.3, -0.25) is 4.79 Å². The normalized spacial score (nSPS) is 22.7. The number of carbonyl (C=O) groups is 1. The molecular formula is C13H15IO4. The highest BCUT2D eigenvalue weighted by atomic mass is 127. The Labute approximate surface area is 120 Å². The maximum Gasteiger partial charge on any atom is 0.169 e. The molecule has 0 N–H and O–H groups in total. The van der Waals surface area contributed by atoms with Gasteiger partial charge in [0.1, 0.15) is 11.9 Å². The van der Waals surface area contributed by atoms with Gasteiger partial charge in [-0.2, -0.15) is 0 Å². The van der Waals surface area contributed by atoms with E-state index in [9.17, 15) is 4.79 Å². The third kappa shape index (κ3) is 3.43. The molecule has 1 aliphatic rings. The molecule has 0 bridgehead atoms. The Balaban J connectivity index is 1.87. The molecule has 1 aromatic rings. The average molecular weight is 362 g/mol. The molecule has 4 nitrogen and oxygen atoms in total. The molecular weight excluding hydrogens is 347 g/mol. The summed E-state index contributed by atoms with van der Waals surface area (Å²) in [5, 5.41) is 0. The first kappa shape index (κ1) is 13.8. The summed E-state index contributed by atoms with van der Waals surface area (Å²) in [6.45, 7) is 0.902. The van der Waals surface area contributed by atoms with Crippen LogP contribution in [0.25, 0.3) is 0 Å². The van der Waals surface area contributed by atoms with Crippen LogP contribution in [-0.2, 0) is 14.3 Å². The molecule has 0 aliphatic heterocycles. The molecule has 0 saturated heterocycles. The Bertz CT molecular complexity index is 421. The smallest absolute Gasteiger partial charge is 0.169 e. The lowest BCUT2D eigenvalue weighted by atomic mass is 9.90. The molecule has 2 unspecified atom stereocenters. The van der Waals surface area contributed by atoms with Gasteiger partial charge < -0.3 is 14.2 Å². The predicted molar refractivity (Wildman–Crippen MR) is 74.8 cm³/mol. The van der Waals surface area contributed by atoms with Crippen molar-refractivity contribution >= 4 is 28.4 Å². The third-order valence-corrected chi connectivity index (χ3v) is 3.40. The molecule has 1 aromatic carbocycles. The van der Waals surface area contributed by atoms with Gasteiger partial charge >= 0.3 is 0 Å². The van der Waals surface area contributed by atoms with Crippen molar-refractivity contribution in [1.82, 2.24) is 0 Å². The fourth-order valence-electron chi connectivity index (χ4n) is 1.75. The summed E-state index contributed by atoms with van der Waals surface area (Å²) in [5.41, 5.74) is 0. The van der Waals surface area contributed by atoms with Crippen LogP contribution in [0.5, 0.6) is 5.75 Å². The second-order valence-corrected chi connectivity index (χ2v) is 5.31. The van der Waals surface area contributed by atoms with Crippen LogP contribution in [0.4, 0.5) is 0 Å². The van der Waals surface area contributed by atoms with E-state index in [1.807, 2.05) is 24.3 Å². The Morgan fingerprint density at radius 3 is 2.89 bits per heavy atom. The fourth-order valence-corrected chi connectivity index (χ4v) is 2.26. The van der Waals surface area contributed by atoms with Crippen molar-refractivity contribution in [3.05, 3.63) is 27.8 Å². The van der Waals surface area contributed by atoms with Crippen LogP contribution in [0.15, 0.2) is 24.3 Å². The van der Waals surface area contributed by atoms with E-state index in [0.29, 0.717) is 19.6 Å². The summed E-state index contributed by atoms with van der Waals surface area (Å²) >= 11 is 2.22. The predicted octanol–water partition coefficient (Wildman–Crippen LogP) is 2.04. The monoisotopic (exact) mass is 362 g/mol. The number of carbonyl (C=O) groups excluding carboxylic acids is 1.